The quantitative estimate of drug-likeness (QED) is 0.699. The van der Waals surface area contributed by atoms with Crippen LogP contribution in [0.25, 0.3) is 0 Å². The van der Waals surface area contributed by atoms with Crippen LogP contribution in [-0.2, 0) is 9.59 Å². The molecule has 1 atom stereocenters. The molecule has 0 bridgehead atoms. The molecule has 31 heavy (non-hydrogen) atoms. The van der Waals surface area contributed by atoms with E-state index in [1.807, 2.05) is 47.0 Å². The highest BCUT2D eigenvalue weighted by Gasteiger charge is 2.25. The Hall–Kier alpha value is -2.86. The van der Waals surface area contributed by atoms with Crippen LogP contribution in [0.2, 0.25) is 0 Å². The molecule has 2 aromatic carbocycles. The molecule has 0 aromatic heterocycles. The summed E-state index contributed by atoms with van der Waals surface area (Å²) >= 11 is 0. The average Bonchev–Trinajstić information content (AvgIpc) is 3.25. The molecule has 1 fully saturated rings. The maximum Gasteiger partial charge on any atom is 0.313 e. The van der Waals surface area contributed by atoms with E-state index in [9.17, 15) is 9.59 Å². The molecule has 6 heteroatoms. The first-order valence-corrected chi connectivity index (χ1v) is 10.9. The summed E-state index contributed by atoms with van der Waals surface area (Å²) in [5, 5.41) is 5.65. The van der Waals surface area contributed by atoms with Gasteiger partial charge in [-0.15, -0.1) is 0 Å². The van der Waals surface area contributed by atoms with Crippen LogP contribution in [0, 0.1) is 20.8 Å². The molecule has 2 amide bonds. The standard InChI is InChI=1S/C25H34N4O2/c1-17-14-18(2)23(19(3)15-17)27-25(31)24(30)26-16-22(29-12-6-7-13-29)20-8-10-21(11-9-20)28(4)5/h8-11,14-15,22H,6-7,12-13,16H2,1-5H3,(H,26,30)(H,27,31)/t22-/m1/s1. The van der Waals surface area contributed by atoms with Crippen LogP contribution in [-0.4, -0.2) is 50.4 Å². The van der Waals surface area contributed by atoms with Crippen molar-refractivity contribution in [3.8, 4) is 0 Å². The topological polar surface area (TPSA) is 64.7 Å². The van der Waals surface area contributed by atoms with E-state index in [-0.39, 0.29) is 6.04 Å². The highest BCUT2D eigenvalue weighted by atomic mass is 16.2. The van der Waals surface area contributed by atoms with Gasteiger partial charge in [0.1, 0.15) is 0 Å². The number of hydrogen-bond donors (Lipinski definition) is 2. The van der Waals surface area contributed by atoms with Crippen LogP contribution in [0.5, 0.6) is 0 Å². The maximum absolute atomic E-state index is 12.6. The minimum Gasteiger partial charge on any atom is -0.378 e. The predicted molar refractivity (Wildman–Crippen MR) is 127 cm³/mol. The first kappa shape index (κ1) is 22.8. The van der Waals surface area contributed by atoms with Crippen molar-refractivity contribution in [1.29, 1.82) is 0 Å². The fraction of sp³-hybridized carbons (Fsp3) is 0.440. The molecule has 0 aliphatic carbocycles. The van der Waals surface area contributed by atoms with Crippen molar-refractivity contribution in [1.82, 2.24) is 10.2 Å². The van der Waals surface area contributed by atoms with Crippen molar-refractivity contribution in [2.45, 2.75) is 39.7 Å². The van der Waals surface area contributed by atoms with Gasteiger partial charge in [0.2, 0.25) is 0 Å². The normalized spacial score (nSPS) is 14.9. The molecule has 1 aliphatic heterocycles. The number of rotatable bonds is 6. The Labute approximate surface area is 185 Å². The summed E-state index contributed by atoms with van der Waals surface area (Å²) in [5.74, 6) is -1.23. The van der Waals surface area contributed by atoms with E-state index >= 15 is 0 Å². The molecule has 3 rings (SSSR count). The second kappa shape index (κ2) is 9.96. The molecular formula is C25H34N4O2. The highest BCUT2D eigenvalue weighted by Crippen LogP contribution is 2.26. The number of carbonyl (C=O) groups excluding carboxylic acids is 2. The van der Waals surface area contributed by atoms with Crippen molar-refractivity contribution >= 4 is 23.2 Å². The summed E-state index contributed by atoms with van der Waals surface area (Å²) in [5.41, 5.74) is 6.03. The highest BCUT2D eigenvalue weighted by molar-refractivity contribution is 6.39. The van der Waals surface area contributed by atoms with Crippen molar-refractivity contribution < 1.29 is 9.59 Å². The third-order valence-corrected chi connectivity index (χ3v) is 5.95. The van der Waals surface area contributed by atoms with Gasteiger partial charge in [-0.1, -0.05) is 29.8 Å². The summed E-state index contributed by atoms with van der Waals surface area (Å²) < 4.78 is 0. The molecule has 166 valence electrons. The maximum atomic E-state index is 12.6. The van der Waals surface area contributed by atoms with Crippen molar-refractivity contribution in [2.24, 2.45) is 0 Å². The number of anilines is 2. The van der Waals surface area contributed by atoms with Gasteiger partial charge in [0.05, 0.1) is 6.04 Å². The minimum absolute atomic E-state index is 0.0540. The molecule has 1 saturated heterocycles. The second-order valence-electron chi connectivity index (χ2n) is 8.68. The Bertz CT molecular complexity index is 908. The smallest absolute Gasteiger partial charge is 0.313 e. The second-order valence-corrected chi connectivity index (χ2v) is 8.68. The fourth-order valence-electron chi connectivity index (χ4n) is 4.32. The average molecular weight is 423 g/mol. The van der Waals surface area contributed by atoms with E-state index in [0.29, 0.717) is 12.2 Å². The SMILES string of the molecule is Cc1cc(C)c(NC(=O)C(=O)NC[C@H](c2ccc(N(C)C)cc2)N2CCCC2)c(C)c1. The zero-order valence-electron chi connectivity index (χ0n) is 19.3. The van der Waals surface area contributed by atoms with Gasteiger partial charge >= 0.3 is 11.8 Å². The zero-order valence-corrected chi connectivity index (χ0v) is 19.3. The Balaban J connectivity index is 1.68. The molecule has 0 unspecified atom stereocenters. The van der Waals surface area contributed by atoms with E-state index < -0.39 is 11.8 Å². The van der Waals surface area contributed by atoms with Crippen LogP contribution in [0.4, 0.5) is 11.4 Å². The fourth-order valence-corrected chi connectivity index (χ4v) is 4.32. The molecule has 0 spiro atoms. The van der Waals surface area contributed by atoms with E-state index in [1.54, 1.807) is 0 Å². The van der Waals surface area contributed by atoms with Crippen LogP contribution < -0.4 is 15.5 Å². The van der Waals surface area contributed by atoms with E-state index in [2.05, 4.69) is 44.7 Å². The number of hydrogen-bond acceptors (Lipinski definition) is 4. The van der Waals surface area contributed by atoms with Gasteiger partial charge in [-0.2, -0.15) is 0 Å². The van der Waals surface area contributed by atoms with Crippen LogP contribution in [0.15, 0.2) is 36.4 Å². The summed E-state index contributed by atoms with van der Waals surface area (Å²) in [4.78, 5) is 29.6. The predicted octanol–water partition coefficient (Wildman–Crippen LogP) is 3.57. The number of nitrogens with one attached hydrogen (secondary N) is 2. The molecule has 1 heterocycles. The lowest BCUT2D eigenvalue weighted by atomic mass is 10.0. The lowest BCUT2D eigenvalue weighted by Gasteiger charge is -2.28. The monoisotopic (exact) mass is 422 g/mol. The number of nitrogens with zero attached hydrogens (tertiary/aromatic N) is 2. The number of aryl methyl sites for hydroxylation is 3. The Morgan fingerprint density at radius 2 is 1.55 bits per heavy atom. The minimum atomic E-state index is -0.627. The zero-order chi connectivity index (χ0) is 22.5. The molecule has 6 nitrogen and oxygen atoms in total. The van der Waals surface area contributed by atoms with Crippen LogP contribution in [0.1, 0.15) is 41.1 Å². The summed E-state index contributed by atoms with van der Waals surface area (Å²) in [6.45, 7) is 8.30. The van der Waals surface area contributed by atoms with Gasteiger partial charge in [-0.3, -0.25) is 14.5 Å². The largest absolute Gasteiger partial charge is 0.378 e. The van der Waals surface area contributed by atoms with Crippen LogP contribution in [0.3, 0.4) is 0 Å². The number of likely N-dealkylation sites (tertiary alicyclic amines) is 1. The Kier molecular flexibility index (Phi) is 7.33. The molecule has 0 saturated carbocycles. The van der Waals surface area contributed by atoms with Crippen molar-refractivity contribution in [3.63, 3.8) is 0 Å². The van der Waals surface area contributed by atoms with Gasteiger partial charge in [-0.05, 0) is 75.5 Å². The Morgan fingerprint density at radius 1 is 0.968 bits per heavy atom. The van der Waals surface area contributed by atoms with Gasteiger partial charge in [0.25, 0.3) is 0 Å². The molecule has 0 radical (unpaired) electrons. The van der Waals surface area contributed by atoms with Gasteiger partial charge < -0.3 is 15.5 Å². The first-order chi connectivity index (χ1) is 14.8. The van der Waals surface area contributed by atoms with Gasteiger partial charge in [0, 0.05) is 32.0 Å². The van der Waals surface area contributed by atoms with E-state index in [1.165, 1.54) is 0 Å². The van der Waals surface area contributed by atoms with Crippen molar-refractivity contribution in [2.75, 3.05) is 43.9 Å². The van der Waals surface area contributed by atoms with Crippen LogP contribution >= 0.6 is 0 Å². The first-order valence-electron chi connectivity index (χ1n) is 10.9. The molecular weight excluding hydrogens is 388 g/mol. The Morgan fingerprint density at radius 3 is 2.10 bits per heavy atom. The van der Waals surface area contributed by atoms with Gasteiger partial charge in [0.15, 0.2) is 0 Å². The van der Waals surface area contributed by atoms with E-state index in [0.717, 1.165) is 53.9 Å². The van der Waals surface area contributed by atoms with Gasteiger partial charge in [-0.25, -0.2) is 0 Å². The lowest BCUT2D eigenvalue weighted by Crippen LogP contribution is -2.41. The lowest BCUT2D eigenvalue weighted by molar-refractivity contribution is -0.136. The number of carbonyl (C=O) groups is 2. The number of benzene rings is 2. The van der Waals surface area contributed by atoms with E-state index in [4.69, 9.17) is 0 Å². The van der Waals surface area contributed by atoms with Crippen molar-refractivity contribution in [3.05, 3.63) is 58.7 Å². The molecule has 2 N–H and O–H groups in total. The summed E-state index contributed by atoms with van der Waals surface area (Å²) in [6.07, 6.45) is 2.32. The molecule has 2 aromatic rings. The summed E-state index contributed by atoms with van der Waals surface area (Å²) in [6, 6.07) is 12.5. The number of amides is 2. The summed E-state index contributed by atoms with van der Waals surface area (Å²) in [7, 11) is 4.03. The third-order valence-electron chi connectivity index (χ3n) is 5.95. The molecule has 1 aliphatic rings. The third kappa shape index (κ3) is 5.64.